The summed E-state index contributed by atoms with van der Waals surface area (Å²) in [7, 11) is 0. The monoisotopic (exact) mass is 437 g/mol. The van der Waals surface area contributed by atoms with Crippen LogP contribution in [0, 0.1) is 6.92 Å². The van der Waals surface area contributed by atoms with Crippen LogP contribution in [-0.4, -0.2) is 0 Å². The van der Waals surface area contributed by atoms with Crippen molar-refractivity contribution in [3.8, 4) is 0 Å². The Balaban J connectivity index is 1.62. The van der Waals surface area contributed by atoms with Gasteiger partial charge in [0.05, 0.1) is 0 Å². The number of hydrogen-bond acceptors (Lipinski definition) is 1. The summed E-state index contributed by atoms with van der Waals surface area (Å²) in [6, 6.07) is 49.0. The Morgan fingerprint density at radius 1 is 0.529 bits per heavy atom. The van der Waals surface area contributed by atoms with Gasteiger partial charge in [0.1, 0.15) is 0 Å². The van der Waals surface area contributed by atoms with Crippen LogP contribution in [-0.2, 0) is 0 Å². The highest BCUT2D eigenvalue weighted by molar-refractivity contribution is 5.93. The molecular formula is C33H27N. The molecule has 0 aliphatic carbocycles. The zero-order chi connectivity index (χ0) is 23.2. The fourth-order valence-electron chi connectivity index (χ4n) is 4.34. The van der Waals surface area contributed by atoms with E-state index in [2.05, 4.69) is 157 Å². The molecule has 34 heavy (non-hydrogen) atoms. The summed E-state index contributed by atoms with van der Waals surface area (Å²) in [6.45, 7) is 2.20. The molecule has 0 bridgehead atoms. The molecule has 1 nitrogen and oxygen atoms in total. The normalized spacial score (nSPS) is 11.3. The van der Waals surface area contributed by atoms with Gasteiger partial charge in [0.15, 0.2) is 0 Å². The van der Waals surface area contributed by atoms with Gasteiger partial charge in [-0.3, -0.25) is 0 Å². The zero-order valence-electron chi connectivity index (χ0n) is 19.3. The molecule has 164 valence electrons. The summed E-state index contributed by atoms with van der Waals surface area (Å²) in [5.41, 5.74) is 9.53. The molecule has 0 unspecified atom stereocenters. The molecule has 0 fully saturated rings. The first-order valence-electron chi connectivity index (χ1n) is 11.6. The Morgan fingerprint density at radius 2 is 1.03 bits per heavy atom. The van der Waals surface area contributed by atoms with Gasteiger partial charge >= 0.3 is 0 Å². The Bertz CT molecular complexity index is 1330. The summed E-state index contributed by atoms with van der Waals surface area (Å²) in [5, 5.41) is 0. The van der Waals surface area contributed by atoms with Crippen LogP contribution in [0.25, 0.3) is 11.6 Å². The summed E-state index contributed by atoms with van der Waals surface area (Å²) < 4.78 is 0. The van der Waals surface area contributed by atoms with Gasteiger partial charge in [-0.1, -0.05) is 103 Å². The molecule has 5 aromatic carbocycles. The van der Waals surface area contributed by atoms with Crippen molar-refractivity contribution in [1.29, 1.82) is 0 Å². The van der Waals surface area contributed by atoms with E-state index in [0.717, 1.165) is 17.1 Å². The molecule has 0 saturated heterocycles. The van der Waals surface area contributed by atoms with Crippen LogP contribution < -0.4 is 4.90 Å². The molecule has 0 atom stereocenters. The van der Waals surface area contributed by atoms with Crippen molar-refractivity contribution in [3.05, 3.63) is 162 Å². The van der Waals surface area contributed by atoms with Gasteiger partial charge in [-0.15, -0.1) is 0 Å². The number of aryl methyl sites for hydroxylation is 1. The van der Waals surface area contributed by atoms with Crippen molar-refractivity contribution < 1.29 is 0 Å². The zero-order valence-corrected chi connectivity index (χ0v) is 19.3. The molecule has 0 heterocycles. The molecule has 1 heteroatoms. The summed E-state index contributed by atoms with van der Waals surface area (Å²) in [6.07, 6.45) is 2.28. The minimum atomic E-state index is 1.14. The number of rotatable bonds is 6. The molecule has 0 N–H and O–H groups in total. The fourth-order valence-corrected chi connectivity index (χ4v) is 4.34. The third-order valence-electron chi connectivity index (χ3n) is 5.98. The van der Waals surface area contributed by atoms with E-state index in [1.807, 2.05) is 0 Å². The van der Waals surface area contributed by atoms with E-state index in [9.17, 15) is 0 Å². The average molecular weight is 438 g/mol. The van der Waals surface area contributed by atoms with Gasteiger partial charge in [-0.05, 0) is 77.2 Å². The Hall–Kier alpha value is -4.36. The van der Waals surface area contributed by atoms with Crippen molar-refractivity contribution in [1.82, 2.24) is 0 Å². The van der Waals surface area contributed by atoms with Crippen LogP contribution in [0.2, 0.25) is 0 Å². The highest BCUT2D eigenvalue weighted by atomic mass is 15.1. The summed E-state index contributed by atoms with van der Waals surface area (Å²) in [5.74, 6) is 0. The Morgan fingerprint density at radius 3 is 1.56 bits per heavy atom. The second-order valence-corrected chi connectivity index (χ2v) is 8.34. The quantitative estimate of drug-likeness (QED) is 0.239. The van der Waals surface area contributed by atoms with Crippen LogP contribution in [0.3, 0.4) is 0 Å². The molecule has 0 radical (unpaired) electrons. The fraction of sp³-hybridized carbons (Fsp3) is 0.0303. The third-order valence-corrected chi connectivity index (χ3v) is 5.98. The van der Waals surface area contributed by atoms with Crippen molar-refractivity contribution in [2.24, 2.45) is 0 Å². The maximum absolute atomic E-state index is 2.31. The van der Waals surface area contributed by atoms with Crippen LogP contribution >= 0.6 is 0 Å². The van der Waals surface area contributed by atoms with E-state index in [1.165, 1.54) is 27.8 Å². The van der Waals surface area contributed by atoms with Gasteiger partial charge in [0.2, 0.25) is 0 Å². The SMILES string of the molecule is Cc1cc(N(c2ccccc2)c2ccccc2)ccc1C(=Cc1ccccc1)c1ccccc1. The summed E-state index contributed by atoms with van der Waals surface area (Å²) >= 11 is 0. The first-order chi connectivity index (χ1) is 16.8. The molecule has 0 saturated carbocycles. The van der Waals surface area contributed by atoms with E-state index < -0.39 is 0 Å². The predicted octanol–water partition coefficient (Wildman–Crippen LogP) is 9.05. The third kappa shape index (κ3) is 4.69. The average Bonchev–Trinajstić information content (AvgIpc) is 2.90. The van der Waals surface area contributed by atoms with E-state index in [4.69, 9.17) is 0 Å². The maximum atomic E-state index is 2.31. The van der Waals surface area contributed by atoms with Crippen LogP contribution in [0.4, 0.5) is 17.1 Å². The molecule has 0 spiro atoms. The lowest BCUT2D eigenvalue weighted by Crippen LogP contribution is -2.10. The molecule has 0 aromatic heterocycles. The van der Waals surface area contributed by atoms with Crippen LogP contribution in [0.1, 0.15) is 22.3 Å². The van der Waals surface area contributed by atoms with Gasteiger partial charge < -0.3 is 4.90 Å². The maximum Gasteiger partial charge on any atom is 0.0464 e. The molecule has 0 aliphatic rings. The molecular weight excluding hydrogens is 410 g/mol. The lowest BCUT2D eigenvalue weighted by Gasteiger charge is -2.26. The Kier molecular flexibility index (Phi) is 6.36. The second kappa shape index (κ2) is 10.1. The molecule has 0 amide bonds. The van der Waals surface area contributed by atoms with Crippen molar-refractivity contribution in [3.63, 3.8) is 0 Å². The van der Waals surface area contributed by atoms with Crippen molar-refractivity contribution in [2.45, 2.75) is 6.92 Å². The molecule has 5 rings (SSSR count). The Labute approximate surface area is 202 Å². The van der Waals surface area contributed by atoms with E-state index in [0.29, 0.717) is 0 Å². The number of hydrogen-bond donors (Lipinski definition) is 0. The first-order valence-corrected chi connectivity index (χ1v) is 11.6. The van der Waals surface area contributed by atoms with Crippen LogP contribution in [0.5, 0.6) is 0 Å². The number of benzene rings is 5. The van der Waals surface area contributed by atoms with Gasteiger partial charge in [-0.25, -0.2) is 0 Å². The van der Waals surface area contributed by atoms with Gasteiger partial charge in [-0.2, -0.15) is 0 Å². The molecule has 5 aromatic rings. The van der Waals surface area contributed by atoms with Crippen LogP contribution in [0.15, 0.2) is 140 Å². The first kappa shape index (κ1) is 21.5. The van der Waals surface area contributed by atoms with Gasteiger partial charge in [0, 0.05) is 17.1 Å². The number of anilines is 3. The van der Waals surface area contributed by atoms with E-state index in [-0.39, 0.29) is 0 Å². The number of nitrogens with zero attached hydrogens (tertiary/aromatic N) is 1. The topological polar surface area (TPSA) is 3.24 Å². The summed E-state index contributed by atoms with van der Waals surface area (Å²) in [4.78, 5) is 2.31. The smallest absolute Gasteiger partial charge is 0.0464 e. The second-order valence-electron chi connectivity index (χ2n) is 8.34. The largest absolute Gasteiger partial charge is 0.310 e. The highest BCUT2D eigenvalue weighted by Gasteiger charge is 2.15. The number of para-hydroxylation sites is 2. The standard InChI is InChI=1S/C33H27N/c1-26-24-31(34(29-18-10-4-11-19-29)30-20-12-5-13-21-30)22-23-32(26)33(28-16-8-3-9-17-28)25-27-14-6-2-7-15-27/h2-25H,1H3. The highest BCUT2D eigenvalue weighted by Crippen LogP contribution is 2.37. The van der Waals surface area contributed by atoms with E-state index >= 15 is 0 Å². The lowest BCUT2D eigenvalue weighted by molar-refractivity contribution is 1.26. The minimum absolute atomic E-state index is 1.14. The lowest BCUT2D eigenvalue weighted by atomic mass is 9.92. The molecule has 0 aliphatic heterocycles. The van der Waals surface area contributed by atoms with Crippen molar-refractivity contribution >= 4 is 28.7 Å². The predicted molar refractivity (Wildman–Crippen MR) is 146 cm³/mol. The van der Waals surface area contributed by atoms with E-state index in [1.54, 1.807) is 0 Å². The van der Waals surface area contributed by atoms with Crippen molar-refractivity contribution in [2.75, 3.05) is 4.90 Å². The van der Waals surface area contributed by atoms with Gasteiger partial charge in [0.25, 0.3) is 0 Å². The minimum Gasteiger partial charge on any atom is -0.310 e.